The van der Waals surface area contributed by atoms with Crippen LogP contribution in [0.2, 0.25) is 10.0 Å². The minimum atomic E-state index is -3.63. The molecule has 1 aliphatic carbocycles. The van der Waals surface area contributed by atoms with Gasteiger partial charge in [-0.25, -0.2) is 8.42 Å². The third-order valence-corrected chi connectivity index (χ3v) is 10.3. The van der Waals surface area contributed by atoms with Crippen molar-refractivity contribution in [3.63, 3.8) is 0 Å². The Hall–Kier alpha value is -3.93. The summed E-state index contributed by atoms with van der Waals surface area (Å²) in [5.74, 6) is -0.646. The Morgan fingerprint density at radius 2 is 1.44 bits per heavy atom. The van der Waals surface area contributed by atoms with Gasteiger partial charge in [0, 0.05) is 46.4 Å². The molecule has 252 valence electrons. The van der Waals surface area contributed by atoms with Gasteiger partial charge >= 0.3 is 0 Å². The van der Waals surface area contributed by atoms with Crippen LogP contribution in [-0.2, 0) is 10.0 Å². The Kier molecular flexibility index (Phi) is 11.1. The van der Waals surface area contributed by atoms with Gasteiger partial charge in [-0.3, -0.25) is 18.8 Å². The number of nitrogens with zero attached hydrogens (tertiary/aromatic N) is 2. The number of primary amides is 1. The molecule has 1 aliphatic heterocycles. The number of anilines is 1. The number of likely N-dealkylation sites (tertiary alicyclic amines) is 1. The lowest BCUT2D eigenvalue weighted by Crippen LogP contribution is -2.61. The molecule has 9 nitrogen and oxygen atoms in total. The van der Waals surface area contributed by atoms with E-state index in [-0.39, 0.29) is 36.0 Å². The SMILES string of the molecule is CS(=O)(=O)N(c1cccc(C(=O)NC2(CCO)CC2)c1)C1CN(C(c2ccc(Cl)cc2)c2ccc(Cl)cc2)C1.NC(=O)c1ccccc1. The molecule has 2 amide bonds. The highest BCUT2D eigenvalue weighted by atomic mass is 35.5. The van der Waals surface area contributed by atoms with Gasteiger partial charge in [0.25, 0.3) is 5.91 Å². The second-order valence-corrected chi connectivity index (χ2v) is 14.9. The first-order valence-electron chi connectivity index (χ1n) is 15.5. The van der Waals surface area contributed by atoms with E-state index in [1.807, 2.05) is 54.6 Å². The fourth-order valence-electron chi connectivity index (χ4n) is 5.93. The molecule has 6 rings (SSSR count). The zero-order valence-corrected chi connectivity index (χ0v) is 28.8. The molecule has 4 aromatic carbocycles. The number of aliphatic hydroxyl groups excluding tert-OH is 1. The highest BCUT2D eigenvalue weighted by molar-refractivity contribution is 7.92. The average Bonchev–Trinajstić information content (AvgIpc) is 3.80. The van der Waals surface area contributed by atoms with Crippen molar-refractivity contribution < 1.29 is 23.1 Å². The zero-order valence-electron chi connectivity index (χ0n) is 26.4. The highest BCUT2D eigenvalue weighted by Gasteiger charge is 2.44. The molecule has 0 radical (unpaired) electrons. The van der Waals surface area contributed by atoms with E-state index < -0.39 is 10.0 Å². The van der Waals surface area contributed by atoms with E-state index in [1.54, 1.807) is 48.5 Å². The maximum absolute atomic E-state index is 13.0. The molecule has 4 N–H and O–H groups in total. The maximum atomic E-state index is 13.0. The van der Waals surface area contributed by atoms with Crippen LogP contribution in [0.5, 0.6) is 0 Å². The molecule has 0 spiro atoms. The largest absolute Gasteiger partial charge is 0.396 e. The third kappa shape index (κ3) is 8.75. The Labute approximate surface area is 291 Å². The summed E-state index contributed by atoms with van der Waals surface area (Å²) < 4.78 is 27.4. The van der Waals surface area contributed by atoms with Crippen LogP contribution in [0.15, 0.2) is 103 Å². The fourth-order valence-corrected chi connectivity index (χ4v) is 7.35. The molecule has 1 saturated heterocycles. The van der Waals surface area contributed by atoms with E-state index in [9.17, 15) is 23.1 Å². The van der Waals surface area contributed by atoms with Gasteiger partial charge in [0.15, 0.2) is 0 Å². The molecule has 0 bridgehead atoms. The predicted octanol–water partition coefficient (Wildman–Crippen LogP) is 5.66. The molecule has 0 aromatic heterocycles. The lowest BCUT2D eigenvalue weighted by Gasteiger charge is -2.48. The first kappa shape index (κ1) is 35.4. The number of nitrogens with two attached hydrogens (primary N) is 1. The van der Waals surface area contributed by atoms with E-state index in [0.29, 0.717) is 46.4 Å². The molecule has 1 saturated carbocycles. The van der Waals surface area contributed by atoms with E-state index in [0.717, 1.165) is 24.0 Å². The molecular weight excluding hydrogens is 671 g/mol. The summed E-state index contributed by atoms with van der Waals surface area (Å²) in [7, 11) is -3.63. The summed E-state index contributed by atoms with van der Waals surface area (Å²) in [6, 6.07) is 30.4. The number of carbonyl (C=O) groups is 2. The number of halogens is 2. The standard InChI is InChI=1S/C29H31Cl2N3O4S.C7H7NO/c1-39(37,38)34(25-4-2-3-22(17-25)28(36)32-29(13-14-29)15-16-35)26-18-33(19-26)27(20-5-9-23(30)10-6-20)21-7-11-24(31)12-8-21;8-7(9)6-4-2-1-3-5-6/h2-12,17,26-27,35H,13-16,18-19H2,1H3,(H,32,36);1-5H,(H2,8,9). The van der Waals surface area contributed by atoms with Gasteiger partial charge in [-0.05, 0) is 85.0 Å². The van der Waals surface area contributed by atoms with Crippen LogP contribution in [0.1, 0.15) is 57.1 Å². The number of sulfonamides is 1. The molecular formula is C36H38Cl2N4O5S. The van der Waals surface area contributed by atoms with Crippen molar-refractivity contribution in [1.82, 2.24) is 10.2 Å². The molecule has 2 aliphatic rings. The number of nitrogens with one attached hydrogen (secondary N) is 1. The van der Waals surface area contributed by atoms with Gasteiger partial charge in [0.2, 0.25) is 15.9 Å². The number of benzene rings is 4. The van der Waals surface area contributed by atoms with Crippen molar-refractivity contribution in [3.8, 4) is 0 Å². The number of hydrogen-bond acceptors (Lipinski definition) is 6. The Morgan fingerprint density at radius 3 is 1.90 bits per heavy atom. The first-order chi connectivity index (χ1) is 22.9. The van der Waals surface area contributed by atoms with Crippen molar-refractivity contribution >= 4 is 50.7 Å². The molecule has 48 heavy (non-hydrogen) atoms. The number of rotatable bonds is 11. The molecule has 0 atom stereocenters. The summed E-state index contributed by atoms with van der Waals surface area (Å²) in [5.41, 5.74) is 8.10. The third-order valence-electron chi connectivity index (χ3n) is 8.56. The van der Waals surface area contributed by atoms with Gasteiger partial charge in [0.05, 0.1) is 24.0 Å². The summed E-state index contributed by atoms with van der Waals surface area (Å²) >= 11 is 12.3. The molecule has 12 heteroatoms. The van der Waals surface area contributed by atoms with Crippen LogP contribution >= 0.6 is 23.2 Å². The van der Waals surface area contributed by atoms with Crippen molar-refractivity contribution in [3.05, 3.63) is 135 Å². The smallest absolute Gasteiger partial charge is 0.251 e. The predicted molar refractivity (Wildman–Crippen MR) is 190 cm³/mol. The first-order valence-corrected chi connectivity index (χ1v) is 18.1. The zero-order chi connectivity index (χ0) is 34.5. The van der Waals surface area contributed by atoms with E-state index >= 15 is 0 Å². The van der Waals surface area contributed by atoms with Crippen molar-refractivity contribution in [2.75, 3.05) is 30.3 Å². The van der Waals surface area contributed by atoms with Crippen LogP contribution in [0.3, 0.4) is 0 Å². The minimum Gasteiger partial charge on any atom is -0.396 e. The van der Waals surface area contributed by atoms with Gasteiger partial charge in [0.1, 0.15) is 0 Å². The van der Waals surface area contributed by atoms with Gasteiger partial charge in [-0.2, -0.15) is 0 Å². The monoisotopic (exact) mass is 708 g/mol. The Morgan fingerprint density at radius 1 is 0.896 bits per heavy atom. The van der Waals surface area contributed by atoms with Crippen LogP contribution in [0.25, 0.3) is 0 Å². The van der Waals surface area contributed by atoms with Crippen molar-refractivity contribution in [1.29, 1.82) is 0 Å². The second kappa shape index (κ2) is 15.1. The molecule has 0 unspecified atom stereocenters. The lowest BCUT2D eigenvalue weighted by atomic mass is 9.93. The van der Waals surface area contributed by atoms with Gasteiger partial charge in [-0.1, -0.05) is 71.7 Å². The number of aliphatic hydroxyl groups is 1. The highest BCUT2D eigenvalue weighted by Crippen LogP contribution is 2.39. The molecule has 4 aromatic rings. The van der Waals surface area contributed by atoms with Gasteiger partial charge in [-0.15, -0.1) is 0 Å². The van der Waals surface area contributed by atoms with Crippen LogP contribution in [0.4, 0.5) is 5.69 Å². The topological polar surface area (TPSA) is 133 Å². The summed E-state index contributed by atoms with van der Waals surface area (Å²) in [6.07, 6.45) is 3.36. The van der Waals surface area contributed by atoms with Gasteiger partial charge < -0.3 is 16.2 Å². The fraction of sp³-hybridized carbons (Fsp3) is 0.278. The molecule has 1 heterocycles. The van der Waals surface area contributed by atoms with Crippen LogP contribution < -0.4 is 15.4 Å². The lowest BCUT2D eigenvalue weighted by molar-refractivity contribution is 0.0922. The number of carbonyl (C=O) groups excluding carboxylic acids is 2. The summed E-state index contributed by atoms with van der Waals surface area (Å²) in [4.78, 5) is 25.6. The second-order valence-electron chi connectivity index (χ2n) is 12.2. The minimum absolute atomic E-state index is 0.00733. The molecule has 2 fully saturated rings. The van der Waals surface area contributed by atoms with Crippen LogP contribution in [-0.4, -0.2) is 67.8 Å². The van der Waals surface area contributed by atoms with Crippen molar-refractivity contribution in [2.45, 2.75) is 36.9 Å². The Balaban J connectivity index is 0.000000434. The average molecular weight is 710 g/mol. The van der Waals surface area contributed by atoms with E-state index in [4.69, 9.17) is 28.9 Å². The number of amides is 2. The van der Waals surface area contributed by atoms with E-state index in [2.05, 4.69) is 10.2 Å². The Bertz CT molecular complexity index is 1790. The quantitative estimate of drug-likeness (QED) is 0.184. The van der Waals surface area contributed by atoms with Crippen molar-refractivity contribution in [2.24, 2.45) is 5.73 Å². The maximum Gasteiger partial charge on any atom is 0.251 e. The summed E-state index contributed by atoms with van der Waals surface area (Å²) in [6.45, 7) is 1.01. The summed E-state index contributed by atoms with van der Waals surface area (Å²) in [5, 5.41) is 13.6. The van der Waals surface area contributed by atoms with E-state index in [1.165, 1.54) is 10.6 Å². The van der Waals surface area contributed by atoms with Crippen LogP contribution in [0, 0.1) is 0 Å². The normalized spacial score (nSPS) is 15.5. The number of hydrogen-bond donors (Lipinski definition) is 3.